The number of ether oxygens (including phenoxy) is 4. The Kier molecular flexibility index (Phi) is 39.4. The summed E-state index contributed by atoms with van der Waals surface area (Å²) in [6.07, 6.45) is 22.4. The lowest BCUT2D eigenvalue weighted by Gasteiger charge is -2.24. The summed E-state index contributed by atoms with van der Waals surface area (Å²) in [6, 6.07) is -2.43. The van der Waals surface area contributed by atoms with Gasteiger partial charge in [-0.2, -0.15) is 0 Å². The molecule has 4 amide bonds. The number of nitrogens with zero attached hydrogens (tertiary/aromatic N) is 2. The molecule has 0 radical (unpaired) electrons. The van der Waals surface area contributed by atoms with Crippen molar-refractivity contribution >= 4 is 52.9 Å². The summed E-state index contributed by atoms with van der Waals surface area (Å²) in [5.74, 6) is -4.43. The van der Waals surface area contributed by atoms with Crippen LogP contribution in [0.3, 0.4) is 0 Å². The van der Waals surface area contributed by atoms with Crippen molar-refractivity contribution in [3.63, 3.8) is 0 Å². The molecule has 23 nitrogen and oxygen atoms in total. The molecular formula is C55H96N8O15. The molecule has 78 heavy (non-hydrogen) atoms. The number of unbranched alkanes of at least 4 members (excludes halogenated alkanes) is 14. The highest BCUT2D eigenvalue weighted by atomic mass is 16.5. The number of hydrogen-bond acceptors (Lipinski definition) is 16. The van der Waals surface area contributed by atoms with Crippen molar-refractivity contribution in [2.75, 3.05) is 79.0 Å². The summed E-state index contributed by atoms with van der Waals surface area (Å²) < 4.78 is 21.6. The molecule has 446 valence electrons. The number of amides is 4. The summed E-state index contributed by atoms with van der Waals surface area (Å²) in [5, 5.41) is 26.3. The van der Waals surface area contributed by atoms with Crippen LogP contribution in [0, 0.1) is 5.92 Å². The van der Waals surface area contributed by atoms with E-state index in [1.54, 1.807) is 11.1 Å². The van der Waals surface area contributed by atoms with Crippen LogP contribution in [0.1, 0.15) is 174 Å². The zero-order valence-corrected chi connectivity index (χ0v) is 46.3. The van der Waals surface area contributed by atoms with Crippen LogP contribution in [0.4, 0.5) is 0 Å². The number of carboxylic acids is 2. The molecule has 0 aliphatic carbocycles. The van der Waals surface area contributed by atoms with E-state index < -0.39 is 41.9 Å². The molecule has 10 N–H and O–H groups in total. The van der Waals surface area contributed by atoms with Gasteiger partial charge >= 0.3 is 11.9 Å². The third-order valence-electron chi connectivity index (χ3n) is 13.6. The Labute approximate surface area is 462 Å². The highest BCUT2D eigenvalue weighted by Gasteiger charge is 2.33. The van der Waals surface area contributed by atoms with E-state index in [-0.39, 0.29) is 147 Å². The Morgan fingerprint density at radius 3 is 1.81 bits per heavy atom. The standard InChI is InChI=1S/C55H94N8O15.H2/c56-45(36-43-37-58-41-61-43)48(65)35-42(49(66)38-63-28-17-21-47(63)54(57)72)19-15-16-26-59-51(68)39-78-34-32-76-30-27-60-52(69)40-77-33-31-75-29-18-20-44(64)24-25-46(55(73)74)62-50(67)22-13-11-9-7-5-3-1-2-4-6-8-10-12-14-23-53(70)71;/h37,41-42,45-47H,1-36,38-40,56H2,(H2,57,72)(H,58,61)(H,59,68)(H,60,69)(H,62,67)(H,70,71)(H,73,74);1H/t42-,45+,46+,47+;/m1./s1. The zero-order chi connectivity index (χ0) is 57.0. The van der Waals surface area contributed by atoms with Gasteiger partial charge in [0.25, 0.3) is 0 Å². The highest BCUT2D eigenvalue weighted by molar-refractivity contribution is 5.92. The highest BCUT2D eigenvalue weighted by Crippen LogP contribution is 2.22. The Balaban J connectivity index is 0.0000312. The summed E-state index contributed by atoms with van der Waals surface area (Å²) in [6.45, 7) is 2.09. The van der Waals surface area contributed by atoms with Crippen LogP contribution in [0.5, 0.6) is 0 Å². The fraction of sp³-hybridized carbons (Fsp3) is 0.782. The number of carboxylic acid groups (broad SMARTS) is 2. The molecule has 1 aliphatic heterocycles. The van der Waals surface area contributed by atoms with Crippen molar-refractivity contribution < 1.29 is 73.7 Å². The molecule has 1 aliphatic rings. The first-order valence-corrected chi connectivity index (χ1v) is 28.6. The average Bonchev–Trinajstić information content (AvgIpc) is 4.12. The number of imidazole rings is 1. The predicted octanol–water partition coefficient (Wildman–Crippen LogP) is 4.11. The minimum absolute atomic E-state index is 0. The molecule has 0 spiro atoms. The van der Waals surface area contributed by atoms with Crippen LogP contribution in [0.15, 0.2) is 12.5 Å². The molecule has 2 rings (SSSR count). The Morgan fingerprint density at radius 2 is 1.23 bits per heavy atom. The SMILES string of the molecule is NC(=O)[C@@H]1CCCN1CC(=O)[C@H](CCCCNC(=O)COCCOCCNC(=O)COCCOCCCC(=O)CC[C@H](NC(=O)CCCCCCCCCCCCCCCCC(=O)O)C(=O)O)CC(=O)[C@@H](N)Cc1cnc[nH]1.[HH]. The number of carbonyl (C=O) groups is 9. The van der Waals surface area contributed by atoms with Gasteiger partial charge in [-0.05, 0) is 57.9 Å². The summed E-state index contributed by atoms with van der Waals surface area (Å²) in [5.41, 5.74) is 12.4. The molecule has 23 heteroatoms. The van der Waals surface area contributed by atoms with E-state index in [0.29, 0.717) is 57.3 Å². The third kappa shape index (κ3) is 36.1. The largest absolute Gasteiger partial charge is 0.481 e. The van der Waals surface area contributed by atoms with Gasteiger partial charge in [0.1, 0.15) is 30.8 Å². The first-order chi connectivity index (χ1) is 37.7. The van der Waals surface area contributed by atoms with Gasteiger partial charge in [-0.15, -0.1) is 0 Å². The van der Waals surface area contributed by atoms with Crippen molar-refractivity contribution in [2.24, 2.45) is 17.4 Å². The van der Waals surface area contributed by atoms with Crippen LogP contribution in [-0.2, 0) is 68.5 Å². The third-order valence-corrected chi connectivity index (χ3v) is 13.6. The summed E-state index contributed by atoms with van der Waals surface area (Å²) in [4.78, 5) is 118. The maximum atomic E-state index is 13.4. The molecule has 1 saturated heterocycles. The van der Waals surface area contributed by atoms with E-state index in [1.165, 1.54) is 44.9 Å². The summed E-state index contributed by atoms with van der Waals surface area (Å²) in [7, 11) is 0. The first kappa shape index (κ1) is 68.9. The van der Waals surface area contributed by atoms with Crippen LogP contribution < -0.4 is 27.4 Å². The zero-order valence-electron chi connectivity index (χ0n) is 46.3. The van der Waals surface area contributed by atoms with Gasteiger partial charge < -0.3 is 61.6 Å². The number of rotatable bonds is 53. The minimum Gasteiger partial charge on any atom is -0.481 e. The number of ketones is 3. The number of carbonyl (C=O) groups excluding carboxylic acids is 7. The lowest BCUT2D eigenvalue weighted by molar-refractivity contribution is -0.142. The van der Waals surface area contributed by atoms with E-state index in [0.717, 1.165) is 51.4 Å². The van der Waals surface area contributed by atoms with Crippen molar-refractivity contribution in [3.05, 3.63) is 18.2 Å². The van der Waals surface area contributed by atoms with E-state index in [2.05, 4.69) is 25.9 Å². The fourth-order valence-electron chi connectivity index (χ4n) is 9.07. The second-order valence-corrected chi connectivity index (χ2v) is 20.3. The lowest BCUT2D eigenvalue weighted by Crippen LogP contribution is -2.44. The second-order valence-electron chi connectivity index (χ2n) is 20.3. The first-order valence-electron chi connectivity index (χ1n) is 28.6. The minimum atomic E-state index is -1.17. The number of Topliss-reactive ketones (excluding diaryl/α,β-unsaturated/α-hetero) is 3. The Morgan fingerprint density at radius 1 is 0.654 bits per heavy atom. The van der Waals surface area contributed by atoms with Crippen molar-refractivity contribution in [1.29, 1.82) is 0 Å². The fourth-order valence-corrected chi connectivity index (χ4v) is 9.07. The van der Waals surface area contributed by atoms with E-state index in [9.17, 15) is 48.3 Å². The molecule has 4 atom stereocenters. The van der Waals surface area contributed by atoms with Gasteiger partial charge in [0.05, 0.1) is 58.0 Å². The van der Waals surface area contributed by atoms with Crippen molar-refractivity contribution in [1.82, 2.24) is 30.8 Å². The van der Waals surface area contributed by atoms with Gasteiger partial charge in [-0.1, -0.05) is 83.5 Å². The molecular weight excluding hydrogens is 1010 g/mol. The topological polar surface area (TPSA) is 351 Å². The van der Waals surface area contributed by atoms with Crippen molar-refractivity contribution in [2.45, 2.75) is 191 Å². The molecule has 0 aromatic carbocycles. The van der Waals surface area contributed by atoms with Gasteiger partial charge in [-0.25, -0.2) is 9.78 Å². The molecule has 1 aromatic heterocycles. The van der Waals surface area contributed by atoms with Gasteiger partial charge in [0.2, 0.25) is 23.6 Å². The number of H-pyrrole nitrogens is 1. The van der Waals surface area contributed by atoms with Gasteiger partial charge in [0, 0.05) is 77.5 Å². The number of nitrogens with two attached hydrogens (primary N) is 2. The molecule has 2 heterocycles. The van der Waals surface area contributed by atoms with Gasteiger partial charge in [0.15, 0.2) is 5.78 Å². The van der Waals surface area contributed by atoms with Crippen LogP contribution >= 0.6 is 0 Å². The summed E-state index contributed by atoms with van der Waals surface area (Å²) >= 11 is 0. The van der Waals surface area contributed by atoms with Gasteiger partial charge in [-0.3, -0.25) is 43.3 Å². The second kappa shape index (κ2) is 44.6. The lowest BCUT2D eigenvalue weighted by atomic mass is 9.89. The molecule has 1 aromatic rings. The molecule has 0 bridgehead atoms. The maximum absolute atomic E-state index is 13.4. The quantitative estimate of drug-likeness (QED) is 0.0425. The van der Waals surface area contributed by atoms with Crippen molar-refractivity contribution in [3.8, 4) is 0 Å². The number of aliphatic carboxylic acids is 2. The monoisotopic (exact) mass is 1110 g/mol. The number of nitrogens with one attached hydrogen (secondary N) is 4. The maximum Gasteiger partial charge on any atom is 0.326 e. The number of aromatic amines is 1. The Bertz CT molecular complexity index is 1880. The molecule has 0 unspecified atom stereocenters. The van der Waals surface area contributed by atoms with E-state index in [1.807, 2.05) is 0 Å². The predicted molar refractivity (Wildman–Crippen MR) is 292 cm³/mol. The number of primary amides is 1. The Hall–Kier alpha value is -5.20. The van der Waals surface area contributed by atoms with E-state index in [4.69, 9.17) is 35.5 Å². The number of hydrogen-bond donors (Lipinski definition) is 8. The van der Waals surface area contributed by atoms with E-state index >= 15 is 0 Å². The van der Waals surface area contributed by atoms with Crippen LogP contribution in [-0.4, -0.2) is 175 Å². The van der Waals surface area contributed by atoms with Crippen LogP contribution in [0.25, 0.3) is 0 Å². The molecule has 0 saturated carbocycles. The number of aromatic nitrogens is 2. The smallest absolute Gasteiger partial charge is 0.326 e. The average molecular weight is 1110 g/mol. The number of likely N-dealkylation sites (tertiary alicyclic amines) is 1. The molecule has 1 fully saturated rings. The normalized spacial score (nSPS) is 14.6. The van der Waals surface area contributed by atoms with Crippen LogP contribution in [0.2, 0.25) is 0 Å².